The highest BCUT2D eigenvalue weighted by Crippen LogP contribution is 2.35. The van der Waals surface area contributed by atoms with Crippen LogP contribution in [0.2, 0.25) is 10.0 Å². The lowest BCUT2D eigenvalue weighted by Gasteiger charge is -2.17. The lowest BCUT2D eigenvalue weighted by atomic mass is 10.1. The number of nitrogens with one attached hydrogen (secondary N) is 1. The van der Waals surface area contributed by atoms with Gasteiger partial charge in [0, 0.05) is 4.88 Å². The molecule has 1 unspecified atom stereocenters. The number of rotatable bonds is 3. The predicted octanol–water partition coefficient (Wildman–Crippen LogP) is 3.75. The van der Waals surface area contributed by atoms with E-state index in [9.17, 15) is 4.39 Å². The third kappa shape index (κ3) is 2.46. The molecule has 1 aromatic carbocycles. The van der Waals surface area contributed by atoms with Gasteiger partial charge in [0.2, 0.25) is 0 Å². The Bertz CT molecular complexity index is 530. The molecule has 2 aromatic rings. The van der Waals surface area contributed by atoms with E-state index in [2.05, 4.69) is 5.43 Å². The Kier molecular flexibility index (Phi) is 4.01. The Morgan fingerprint density at radius 1 is 1.29 bits per heavy atom. The van der Waals surface area contributed by atoms with Crippen LogP contribution in [-0.4, -0.2) is 0 Å². The van der Waals surface area contributed by atoms with Crippen molar-refractivity contribution >= 4 is 34.5 Å². The van der Waals surface area contributed by atoms with Crippen LogP contribution in [0.25, 0.3) is 0 Å². The number of thiophene rings is 1. The van der Waals surface area contributed by atoms with Gasteiger partial charge in [0.25, 0.3) is 0 Å². The zero-order valence-electron chi connectivity index (χ0n) is 8.58. The average molecular weight is 291 g/mol. The maximum atomic E-state index is 13.4. The zero-order chi connectivity index (χ0) is 12.4. The number of hydrogen-bond acceptors (Lipinski definition) is 3. The molecule has 2 nitrogen and oxygen atoms in total. The number of halogens is 3. The molecule has 0 spiro atoms. The van der Waals surface area contributed by atoms with Crippen molar-refractivity contribution in [3.05, 3.63) is 55.9 Å². The first-order chi connectivity index (χ1) is 8.15. The van der Waals surface area contributed by atoms with Gasteiger partial charge >= 0.3 is 0 Å². The maximum absolute atomic E-state index is 13.4. The monoisotopic (exact) mass is 290 g/mol. The molecule has 0 amide bonds. The number of hydrogen-bond donors (Lipinski definition) is 2. The van der Waals surface area contributed by atoms with Gasteiger partial charge in [-0.2, -0.15) is 0 Å². The standard InChI is InChI=1S/C11H9Cl2FN2S/c12-7-4-5-17-11(7)10(16-15)6-2-1-3-8(14)9(6)13/h1-5,10,16H,15H2. The maximum Gasteiger partial charge on any atom is 0.142 e. The van der Waals surface area contributed by atoms with Crippen LogP contribution in [0.3, 0.4) is 0 Å². The second kappa shape index (κ2) is 5.33. The van der Waals surface area contributed by atoms with Gasteiger partial charge in [0.05, 0.1) is 16.1 Å². The van der Waals surface area contributed by atoms with Crippen LogP contribution in [-0.2, 0) is 0 Å². The first-order valence-electron chi connectivity index (χ1n) is 4.78. The fourth-order valence-corrected chi connectivity index (χ4v) is 3.04. The van der Waals surface area contributed by atoms with Crippen molar-refractivity contribution in [2.45, 2.75) is 6.04 Å². The molecular weight excluding hydrogens is 282 g/mol. The van der Waals surface area contributed by atoms with Crippen molar-refractivity contribution in [2.24, 2.45) is 5.84 Å². The van der Waals surface area contributed by atoms with Gasteiger partial charge in [-0.1, -0.05) is 35.3 Å². The highest BCUT2D eigenvalue weighted by atomic mass is 35.5. The van der Waals surface area contributed by atoms with E-state index >= 15 is 0 Å². The Morgan fingerprint density at radius 2 is 2.06 bits per heavy atom. The number of hydrazine groups is 1. The first-order valence-corrected chi connectivity index (χ1v) is 6.41. The molecule has 17 heavy (non-hydrogen) atoms. The van der Waals surface area contributed by atoms with Crippen LogP contribution in [0, 0.1) is 5.82 Å². The van der Waals surface area contributed by atoms with E-state index in [0.717, 1.165) is 4.88 Å². The smallest absolute Gasteiger partial charge is 0.142 e. The molecule has 1 aromatic heterocycles. The normalized spacial score (nSPS) is 12.7. The summed E-state index contributed by atoms with van der Waals surface area (Å²) in [4.78, 5) is 0.807. The van der Waals surface area contributed by atoms with Crippen molar-refractivity contribution < 1.29 is 4.39 Å². The van der Waals surface area contributed by atoms with Gasteiger partial charge in [-0.25, -0.2) is 9.82 Å². The highest BCUT2D eigenvalue weighted by molar-refractivity contribution is 7.10. The second-order valence-corrected chi connectivity index (χ2v) is 5.11. The van der Waals surface area contributed by atoms with E-state index in [0.29, 0.717) is 10.6 Å². The van der Waals surface area contributed by atoms with Gasteiger partial charge in [-0.3, -0.25) is 5.84 Å². The lowest BCUT2D eigenvalue weighted by Crippen LogP contribution is -2.28. The van der Waals surface area contributed by atoms with Crippen LogP contribution in [0.5, 0.6) is 0 Å². The third-order valence-corrected chi connectivity index (χ3v) is 4.19. The minimum Gasteiger partial charge on any atom is -0.271 e. The summed E-state index contributed by atoms with van der Waals surface area (Å²) in [5.74, 6) is 5.03. The van der Waals surface area contributed by atoms with E-state index in [4.69, 9.17) is 29.0 Å². The summed E-state index contributed by atoms with van der Waals surface area (Å²) in [5.41, 5.74) is 3.17. The van der Waals surface area contributed by atoms with E-state index < -0.39 is 11.9 Å². The first kappa shape index (κ1) is 12.8. The van der Waals surface area contributed by atoms with Crippen molar-refractivity contribution in [1.82, 2.24) is 5.43 Å². The summed E-state index contributed by atoms with van der Waals surface area (Å²) in [7, 11) is 0. The second-order valence-electron chi connectivity index (χ2n) is 3.38. The number of nitrogens with two attached hydrogens (primary N) is 1. The van der Waals surface area contributed by atoms with Crippen LogP contribution in [0.4, 0.5) is 4.39 Å². The molecule has 3 N–H and O–H groups in total. The van der Waals surface area contributed by atoms with Crippen LogP contribution in [0.15, 0.2) is 29.6 Å². The van der Waals surface area contributed by atoms with E-state index in [1.165, 1.54) is 17.4 Å². The molecule has 0 saturated carbocycles. The summed E-state index contributed by atoms with van der Waals surface area (Å²) in [6, 6.07) is 5.95. The molecule has 0 aliphatic carbocycles. The van der Waals surface area contributed by atoms with Crippen molar-refractivity contribution in [2.75, 3.05) is 0 Å². The molecular formula is C11H9Cl2FN2S. The van der Waals surface area contributed by atoms with Gasteiger partial charge in [0.1, 0.15) is 5.82 Å². The van der Waals surface area contributed by atoms with E-state index in [1.807, 2.05) is 5.38 Å². The van der Waals surface area contributed by atoms with Crippen molar-refractivity contribution in [1.29, 1.82) is 0 Å². The molecule has 0 aliphatic heterocycles. The SMILES string of the molecule is NNC(c1cccc(F)c1Cl)c1sccc1Cl. The fourth-order valence-electron chi connectivity index (χ4n) is 1.56. The van der Waals surface area contributed by atoms with Gasteiger partial charge in [-0.15, -0.1) is 11.3 Å². The molecule has 0 aliphatic rings. The predicted molar refractivity (Wildman–Crippen MR) is 69.9 cm³/mol. The van der Waals surface area contributed by atoms with Gasteiger partial charge in [-0.05, 0) is 23.1 Å². The minimum atomic E-state index is -0.475. The summed E-state index contributed by atoms with van der Waals surface area (Å²) < 4.78 is 13.4. The molecule has 1 atom stereocenters. The van der Waals surface area contributed by atoms with Crippen molar-refractivity contribution in [3.8, 4) is 0 Å². The quantitative estimate of drug-likeness (QED) is 0.667. The molecule has 1 heterocycles. The molecule has 6 heteroatoms. The van der Waals surface area contributed by atoms with Crippen LogP contribution < -0.4 is 11.3 Å². The Morgan fingerprint density at radius 3 is 2.65 bits per heavy atom. The van der Waals surface area contributed by atoms with Gasteiger partial charge < -0.3 is 0 Å². The molecule has 0 saturated heterocycles. The molecule has 0 radical (unpaired) electrons. The van der Waals surface area contributed by atoms with Crippen molar-refractivity contribution in [3.63, 3.8) is 0 Å². The van der Waals surface area contributed by atoms with Crippen LogP contribution in [0.1, 0.15) is 16.5 Å². The Hall–Kier alpha value is -0.650. The third-order valence-electron chi connectivity index (χ3n) is 2.37. The average Bonchev–Trinajstić information content (AvgIpc) is 2.72. The fraction of sp³-hybridized carbons (Fsp3) is 0.0909. The number of benzene rings is 1. The Balaban J connectivity index is 2.50. The largest absolute Gasteiger partial charge is 0.271 e. The molecule has 2 rings (SSSR count). The zero-order valence-corrected chi connectivity index (χ0v) is 10.9. The minimum absolute atomic E-state index is 0.0555. The molecule has 0 bridgehead atoms. The topological polar surface area (TPSA) is 38.0 Å². The molecule has 0 fully saturated rings. The summed E-state index contributed by atoms with van der Waals surface area (Å²) in [6.07, 6.45) is 0. The Labute approximate surface area is 112 Å². The summed E-state index contributed by atoms with van der Waals surface area (Å²) in [6.45, 7) is 0. The highest BCUT2D eigenvalue weighted by Gasteiger charge is 2.20. The lowest BCUT2D eigenvalue weighted by molar-refractivity contribution is 0.609. The van der Waals surface area contributed by atoms with E-state index in [-0.39, 0.29) is 5.02 Å². The van der Waals surface area contributed by atoms with Gasteiger partial charge in [0.15, 0.2) is 0 Å². The van der Waals surface area contributed by atoms with Crippen LogP contribution >= 0.6 is 34.5 Å². The summed E-state index contributed by atoms with van der Waals surface area (Å²) in [5, 5.41) is 2.48. The molecule has 90 valence electrons. The van der Waals surface area contributed by atoms with E-state index in [1.54, 1.807) is 18.2 Å². The summed E-state index contributed by atoms with van der Waals surface area (Å²) >= 11 is 13.4.